The zero-order chi connectivity index (χ0) is 10.3. The third-order valence-electron chi connectivity index (χ3n) is 1.58. The molecule has 0 fully saturated rings. The van der Waals surface area contributed by atoms with Crippen LogP contribution >= 0.6 is 0 Å². The molecule has 0 heterocycles. The Bertz CT molecular complexity index is 188. The summed E-state index contributed by atoms with van der Waals surface area (Å²) in [4.78, 5) is 2.68. The molecule has 4 nitrogen and oxygen atoms in total. The van der Waals surface area contributed by atoms with Gasteiger partial charge in [0.1, 0.15) is 0 Å². The van der Waals surface area contributed by atoms with Gasteiger partial charge in [-0.25, -0.2) is 0 Å². The predicted molar refractivity (Wildman–Crippen MR) is 53.8 cm³/mol. The van der Waals surface area contributed by atoms with Crippen molar-refractivity contribution in [1.29, 1.82) is 0 Å². The Morgan fingerprint density at radius 2 is 2.23 bits per heavy atom. The average molecular weight is 181 g/mol. The summed E-state index contributed by atoms with van der Waals surface area (Å²) in [5.74, 6) is 0.148. The molecule has 0 amide bonds. The fourth-order valence-corrected chi connectivity index (χ4v) is 0.769. The molecule has 72 valence electrons. The Morgan fingerprint density at radius 3 is 2.69 bits per heavy atom. The maximum Gasteiger partial charge on any atom is 0.0696 e. The molecular formula is C8H16BN3O. The van der Waals surface area contributed by atoms with Gasteiger partial charge in [0.2, 0.25) is 0 Å². The highest BCUT2D eigenvalue weighted by Gasteiger charge is 2.16. The fraction of sp³-hybridized carbons (Fsp3) is 1.00. The molecule has 0 rings (SSSR count). The molecule has 0 spiro atoms. The summed E-state index contributed by atoms with van der Waals surface area (Å²) in [5.41, 5.74) is 7.74. The summed E-state index contributed by atoms with van der Waals surface area (Å²) in [7, 11) is 5.56. The molecule has 0 saturated heterocycles. The molecule has 0 aromatic heterocycles. The van der Waals surface area contributed by atoms with E-state index in [4.69, 9.17) is 18.1 Å². The number of ether oxygens (including phenoxy) is 1. The lowest BCUT2D eigenvalue weighted by molar-refractivity contribution is -0.0114. The van der Waals surface area contributed by atoms with Crippen molar-refractivity contribution in [3.8, 4) is 0 Å². The molecule has 0 aromatic carbocycles. The van der Waals surface area contributed by atoms with Crippen LogP contribution in [0.1, 0.15) is 27.2 Å². The molecule has 13 heavy (non-hydrogen) atoms. The van der Waals surface area contributed by atoms with Crippen LogP contribution in [0.2, 0.25) is 5.82 Å². The van der Waals surface area contributed by atoms with Crippen LogP contribution in [0.25, 0.3) is 10.4 Å². The van der Waals surface area contributed by atoms with Gasteiger partial charge in [0, 0.05) is 11.5 Å². The minimum absolute atomic E-state index is 0.148. The molecule has 1 unspecified atom stereocenters. The zero-order valence-corrected chi connectivity index (χ0v) is 8.53. The lowest BCUT2D eigenvalue weighted by atomic mass is 9.87. The summed E-state index contributed by atoms with van der Waals surface area (Å²) >= 11 is 0. The normalized spacial score (nSPS) is 13.5. The third-order valence-corrected chi connectivity index (χ3v) is 1.58. The Hall–Kier alpha value is -0.665. The Morgan fingerprint density at radius 1 is 1.62 bits per heavy atom. The summed E-state index contributed by atoms with van der Waals surface area (Å²) in [5, 5.41) is 3.47. The number of azide groups is 1. The lowest BCUT2D eigenvalue weighted by Crippen LogP contribution is -2.28. The van der Waals surface area contributed by atoms with E-state index in [-0.39, 0.29) is 11.4 Å². The van der Waals surface area contributed by atoms with Crippen molar-refractivity contribution >= 4 is 7.85 Å². The second kappa shape index (κ2) is 5.89. The van der Waals surface area contributed by atoms with Crippen molar-refractivity contribution in [2.75, 3.05) is 13.2 Å². The maximum atomic E-state index is 8.13. The van der Waals surface area contributed by atoms with Crippen molar-refractivity contribution in [3.63, 3.8) is 0 Å². The highest BCUT2D eigenvalue weighted by atomic mass is 16.5. The first kappa shape index (κ1) is 12.3. The van der Waals surface area contributed by atoms with Crippen LogP contribution in [0, 0.1) is 0 Å². The summed E-state index contributed by atoms with van der Waals surface area (Å²) in [6.07, 6.45) is 0.819. The molecule has 0 aliphatic rings. The van der Waals surface area contributed by atoms with Gasteiger partial charge in [-0.15, -0.1) is 0 Å². The fourth-order valence-electron chi connectivity index (χ4n) is 0.769. The van der Waals surface area contributed by atoms with Crippen molar-refractivity contribution in [3.05, 3.63) is 10.4 Å². The molecule has 0 aliphatic carbocycles. The second-order valence-corrected chi connectivity index (χ2v) is 3.76. The first-order chi connectivity index (χ1) is 5.98. The molecule has 0 aromatic rings. The molecule has 0 N–H and O–H groups in total. The van der Waals surface area contributed by atoms with Gasteiger partial charge in [-0.1, -0.05) is 17.9 Å². The number of hydrogen-bond donors (Lipinski definition) is 0. The van der Waals surface area contributed by atoms with Crippen LogP contribution in [-0.2, 0) is 4.74 Å². The van der Waals surface area contributed by atoms with Gasteiger partial charge in [0.05, 0.1) is 20.0 Å². The van der Waals surface area contributed by atoms with E-state index in [2.05, 4.69) is 10.0 Å². The minimum Gasteiger partial charge on any atom is -0.375 e. The van der Waals surface area contributed by atoms with Crippen LogP contribution < -0.4 is 0 Å². The predicted octanol–water partition coefficient (Wildman–Crippen LogP) is 2.46. The minimum atomic E-state index is -0.388. The van der Waals surface area contributed by atoms with E-state index in [9.17, 15) is 0 Å². The monoisotopic (exact) mass is 181 g/mol. The van der Waals surface area contributed by atoms with Crippen molar-refractivity contribution < 1.29 is 4.74 Å². The van der Waals surface area contributed by atoms with Crippen LogP contribution in [0.15, 0.2) is 5.11 Å². The van der Waals surface area contributed by atoms with E-state index < -0.39 is 0 Å². The quantitative estimate of drug-likeness (QED) is 0.268. The molecule has 2 radical (unpaired) electrons. The number of nitrogens with zero attached hydrogens (tertiary/aromatic N) is 3. The van der Waals surface area contributed by atoms with Crippen molar-refractivity contribution in [2.45, 2.75) is 38.6 Å². The summed E-state index contributed by atoms with van der Waals surface area (Å²) in [6.45, 7) is 6.67. The number of rotatable bonds is 6. The first-order valence-electron chi connectivity index (χ1n) is 4.38. The van der Waals surface area contributed by atoms with E-state index in [1.165, 1.54) is 0 Å². The highest BCUT2D eigenvalue weighted by Crippen LogP contribution is 2.12. The first-order valence-corrected chi connectivity index (χ1v) is 4.38. The molecule has 0 aliphatic heterocycles. The van der Waals surface area contributed by atoms with Crippen molar-refractivity contribution in [2.24, 2.45) is 5.11 Å². The zero-order valence-electron chi connectivity index (χ0n) is 8.53. The lowest BCUT2D eigenvalue weighted by Gasteiger charge is -2.23. The van der Waals surface area contributed by atoms with E-state index >= 15 is 0 Å². The second-order valence-electron chi connectivity index (χ2n) is 3.76. The maximum absolute atomic E-state index is 8.13. The Kier molecular flexibility index (Phi) is 5.59. The van der Waals surface area contributed by atoms with Crippen LogP contribution in [-0.4, -0.2) is 26.6 Å². The van der Waals surface area contributed by atoms with E-state index in [0.29, 0.717) is 13.2 Å². The van der Waals surface area contributed by atoms with Crippen LogP contribution in [0.5, 0.6) is 0 Å². The topological polar surface area (TPSA) is 58.0 Å². The van der Waals surface area contributed by atoms with E-state index in [0.717, 1.165) is 6.42 Å². The summed E-state index contributed by atoms with van der Waals surface area (Å²) < 4.78 is 5.50. The van der Waals surface area contributed by atoms with E-state index in [1.54, 1.807) is 0 Å². The molecule has 5 heteroatoms. The van der Waals surface area contributed by atoms with Gasteiger partial charge in [-0.3, -0.25) is 0 Å². The van der Waals surface area contributed by atoms with Gasteiger partial charge in [0.15, 0.2) is 0 Å². The molecular weight excluding hydrogens is 165 g/mol. The average Bonchev–Trinajstić information content (AvgIpc) is 2.00. The Labute approximate surface area is 80.7 Å². The van der Waals surface area contributed by atoms with Gasteiger partial charge < -0.3 is 4.74 Å². The van der Waals surface area contributed by atoms with Crippen molar-refractivity contribution in [1.82, 2.24) is 0 Å². The van der Waals surface area contributed by atoms with Gasteiger partial charge in [-0.05, 0) is 25.8 Å². The largest absolute Gasteiger partial charge is 0.375 e. The molecule has 0 saturated carbocycles. The van der Waals surface area contributed by atoms with Crippen LogP contribution in [0.4, 0.5) is 0 Å². The highest BCUT2D eigenvalue weighted by molar-refractivity contribution is 6.11. The van der Waals surface area contributed by atoms with Gasteiger partial charge >= 0.3 is 0 Å². The van der Waals surface area contributed by atoms with Gasteiger partial charge in [-0.2, -0.15) is 0 Å². The standard InChI is InChI=1S/C8H16BN3O/c1-7(9)4-5-13-8(2,3)6-11-12-10/h7H,4-6H2,1-3H3. The van der Waals surface area contributed by atoms with Crippen LogP contribution in [0.3, 0.4) is 0 Å². The van der Waals surface area contributed by atoms with E-state index in [1.807, 2.05) is 20.8 Å². The number of hydrogen-bond acceptors (Lipinski definition) is 2. The van der Waals surface area contributed by atoms with Gasteiger partial charge in [0.25, 0.3) is 0 Å². The molecule has 0 bridgehead atoms. The summed E-state index contributed by atoms with van der Waals surface area (Å²) in [6, 6.07) is 0. The Balaban J connectivity index is 3.68. The smallest absolute Gasteiger partial charge is 0.0696 e. The SMILES string of the molecule is [B]C(C)CCOC(C)(C)CN=[N+]=[N-]. The molecule has 1 atom stereocenters. The third kappa shape index (κ3) is 7.69.